The topological polar surface area (TPSA) is 70.7 Å². The Kier molecular flexibility index (Phi) is 7.05. The molecule has 2 N–H and O–H groups in total. The third kappa shape index (κ3) is 5.94. The lowest BCUT2D eigenvalue weighted by molar-refractivity contribution is 0.0703. The lowest BCUT2D eigenvalue weighted by atomic mass is 10.0. The molecule has 29 heavy (non-hydrogen) atoms. The van der Waals surface area contributed by atoms with Gasteiger partial charge >= 0.3 is 6.03 Å². The Morgan fingerprint density at radius 1 is 1.14 bits per heavy atom. The molecule has 0 saturated carbocycles. The van der Waals surface area contributed by atoms with Crippen LogP contribution in [0, 0.1) is 12.7 Å². The number of benzene rings is 2. The third-order valence-corrected chi connectivity index (χ3v) is 4.87. The van der Waals surface area contributed by atoms with Crippen LogP contribution in [0.3, 0.4) is 0 Å². The van der Waals surface area contributed by atoms with Crippen molar-refractivity contribution in [2.45, 2.75) is 25.8 Å². The summed E-state index contributed by atoms with van der Waals surface area (Å²) in [5.41, 5.74) is 1.21. The van der Waals surface area contributed by atoms with E-state index in [0.717, 1.165) is 11.3 Å². The third-order valence-electron chi connectivity index (χ3n) is 4.87. The van der Waals surface area contributed by atoms with E-state index >= 15 is 0 Å². The van der Waals surface area contributed by atoms with E-state index in [4.69, 9.17) is 4.74 Å². The summed E-state index contributed by atoms with van der Waals surface area (Å²) in [6.07, 6.45) is 1.26. The molecule has 154 valence electrons. The summed E-state index contributed by atoms with van der Waals surface area (Å²) < 4.78 is 19.4. The Balaban J connectivity index is 1.35. The molecule has 1 fully saturated rings. The van der Waals surface area contributed by atoms with Gasteiger partial charge in [0, 0.05) is 19.1 Å². The minimum atomic E-state index is -0.509. The van der Waals surface area contributed by atoms with E-state index in [-0.39, 0.29) is 23.5 Å². The van der Waals surface area contributed by atoms with Gasteiger partial charge in [-0.3, -0.25) is 4.79 Å². The van der Waals surface area contributed by atoms with Crippen LogP contribution in [-0.2, 0) is 0 Å². The van der Waals surface area contributed by atoms with Gasteiger partial charge in [-0.1, -0.05) is 24.3 Å². The molecular weight excluding hydrogens is 373 g/mol. The fourth-order valence-electron chi connectivity index (χ4n) is 3.31. The molecule has 0 atom stereocenters. The highest BCUT2D eigenvalue weighted by Gasteiger charge is 2.25. The summed E-state index contributed by atoms with van der Waals surface area (Å²) in [6, 6.07) is 13.5. The maximum atomic E-state index is 13.8. The molecule has 0 spiro atoms. The number of piperidine rings is 1. The van der Waals surface area contributed by atoms with Crippen molar-refractivity contribution < 1.29 is 18.7 Å². The normalized spacial score (nSPS) is 14.3. The van der Waals surface area contributed by atoms with E-state index in [1.54, 1.807) is 17.0 Å². The van der Waals surface area contributed by atoms with Crippen molar-refractivity contribution >= 4 is 11.9 Å². The van der Waals surface area contributed by atoms with Gasteiger partial charge < -0.3 is 20.3 Å². The average Bonchev–Trinajstić information content (AvgIpc) is 2.72. The fraction of sp³-hybridized carbons (Fsp3) is 0.364. The zero-order valence-electron chi connectivity index (χ0n) is 16.5. The second kappa shape index (κ2) is 9.91. The highest BCUT2D eigenvalue weighted by atomic mass is 19.1. The molecular formula is C22H26FN3O3. The number of carbonyl (C=O) groups is 2. The number of amides is 3. The van der Waals surface area contributed by atoms with Crippen LogP contribution in [0.25, 0.3) is 0 Å². The minimum absolute atomic E-state index is 0.0163. The minimum Gasteiger partial charge on any atom is -0.492 e. The first-order chi connectivity index (χ1) is 14.0. The van der Waals surface area contributed by atoms with Gasteiger partial charge in [-0.05, 0) is 49.6 Å². The first kappa shape index (κ1) is 20.6. The van der Waals surface area contributed by atoms with E-state index in [2.05, 4.69) is 10.6 Å². The van der Waals surface area contributed by atoms with Crippen LogP contribution in [0.4, 0.5) is 9.18 Å². The smallest absolute Gasteiger partial charge is 0.315 e. The molecule has 3 amide bonds. The van der Waals surface area contributed by atoms with Gasteiger partial charge in [-0.25, -0.2) is 9.18 Å². The van der Waals surface area contributed by atoms with Crippen molar-refractivity contribution in [1.29, 1.82) is 0 Å². The predicted octanol–water partition coefficient (Wildman–Crippen LogP) is 3.12. The van der Waals surface area contributed by atoms with E-state index < -0.39 is 5.82 Å². The summed E-state index contributed by atoms with van der Waals surface area (Å²) in [5, 5.41) is 5.70. The molecule has 0 aliphatic carbocycles. The summed E-state index contributed by atoms with van der Waals surface area (Å²) in [4.78, 5) is 26.1. The molecule has 6 nitrogen and oxygen atoms in total. The summed E-state index contributed by atoms with van der Waals surface area (Å²) in [5.74, 6) is -0.0385. The lowest BCUT2D eigenvalue weighted by Crippen LogP contribution is -2.49. The van der Waals surface area contributed by atoms with Crippen LogP contribution < -0.4 is 15.4 Å². The molecule has 1 saturated heterocycles. The Hall–Kier alpha value is -3.09. The van der Waals surface area contributed by atoms with E-state index in [1.165, 1.54) is 12.1 Å². The Bertz CT molecular complexity index is 851. The zero-order chi connectivity index (χ0) is 20.6. The Morgan fingerprint density at radius 2 is 1.90 bits per heavy atom. The fourth-order valence-corrected chi connectivity index (χ4v) is 3.31. The first-order valence-electron chi connectivity index (χ1n) is 9.80. The summed E-state index contributed by atoms with van der Waals surface area (Å²) >= 11 is 0. The molecule has 0 radical (unpaired) electrons. The molecule has 7 heteroatoms. The molecule has 1 aliphatic heterocycles. The first-order valence-corrected chi connectivity index (χ1v) is 9.80. The predicted molar refractivity (Wildman–Crippen MR) is 109 cm³/mol. The number of urea groups is 1. The number of rotatable bonds is 6. The standard InChI is InChI=1S/C22H26FN3O3/c1-16-5-4-6-18(15-16)29-14-11-24-22(28)25-17-9-12-26(13-10-17)21(27)19-7-2-3-8-20(19)23/h2-8,15,17H,9-14H2,1H3,(H2,24,25,28). The highest BCUT2D eigenvalue weighted by Crippen LogP contribution is 2.16. The molecule has 1 heterocycles. The monoisotopic (exact) mass is 399 g/mol. The van der Waals surface area contributed by atoms with Crippen molar-refractivity contribution in [3.05, 3.63) is 65.5 Å². The number of halogens is 1. The van der Waals surface area contributed by atoms with E-state index in [9.17, 15) is 14.0 Å². The average molecular weight is 399 g/mol. The van der Waals surface area contributed by atoms with Crippen LogP contribution in [0.2, 0.25) is 0 Å². The van der Waals surface area contributed by atoms with Gasteiger partial charge in [0.25, 0.3) is 5.91 Å². The lowest BCUT2D eigenvalue weighted by Gasteiger charge is -2.32. The van der Waals surface area contributed by atoms with Gasteiger partial charge in [-0.2, -0.15) is 0 Å². The summed E-state index contributed by atoms with van der Waals surface area (Å²) in [6.45, 7) is 3.73. The largest absolute Gasteiger partial charge is 0.492 e. The van der Waals surface area contributed by atoms with E-state index in [0.29, 0.717) is 39.1 Å². The van der Waals surface area contributed by atoms with Crippen molar-refractivity contribution in [2.75, 3.05) is 26.2 Å². The van der Waals surface area contributed by atoms with Gasteiger partial charge in [0.15, 0.2) is 0 Å². The number of hydrogen-bond donors (Lipinski definition) is 2. The number of aryl methyl sites for hydroxylation is 1. The molecule has 0 aromatic heterocycles. The highest BCUT2D eigenvalue weighted by molar-refractivity contribution is 5.94. The van der Waals surface area contributed by atoms with Crippen LogP contribution in [0.15, 0.2) is 48.5 Å². The number of nitrogens with zero attached hydrogens (tertiary/aromatic N) is 1. The van der Waals surface area contributed by atoms with Crippen molar-refractivity contribution in [3.63, 3.8) is 0 Å². The van der Waals surface area contributed by atoms with Crippen molar-refractivity contribution in [3.8, 4) is 5.75 Å². The van der Waals surface area contributed by atoms with Crippen LogP contribution in [-0.4, -0.2) is 49.1 Å². The van der Waals surface area contributed by atoms with Crippen LogP contribution in [0.1, 0.15) is 28.8 Å². The molecule has 0 unspecified atom stereocenters. The molecule has 3 rings (SSSR count). The Morgan fingerprint density at radius 3 is 2.62 bits per heavy atom. The van der Waals surface area contributed by atoms with Gasteiger partial charge in [-0.15, -0.1) is 0 Å². The molecule has 1 aliphatic rings. The SMILES string of the molecule is Cc1cccc(OCCNC(=O)NC2CCN(C(=O)c3ccccc3F)CC2)c1. The quantitative estimate of drug-likeness (QED) is 0.734. The second-order valence-electron chi connectivity index (χ2n) is 7.11. The van der Waals surface area contributed by atoms with Crippen molar-refractivity contribution in [2.24, 2.45) is 0 Å². The van der Waals surface area contributed by atoms with Crippen LogP contribution in [0.5, 0.6) is 5.75 Å². The number of likely N-dealkylation sites (tertiary alicyclic amines) is 1. The molecule has 2 aromatic carbocycles. The molecule has 0 bridgehead atoms. The van der Waals surface area contributed by atoms with Gasteiger partial charge in [0.2, 0.25) is 0 Å². The van der Waals surface area contributed by atoms with Crippen LogP contribution >= 0.6 is 0 Å². The number of hydrogen-bond acceptors (Lipinski definition) is 3. The zero-order valence-corrected chi connectivity index (χ0v) is 16.5. The summed E-state index contributed by atoms with van der Waals surface area (Å²) in [7, 11) is 0. The van der Waals surface area contributed by atoms with Crippen molar-refractivity contribution in [1.82, 2.24) is 15.5 Å². The number of ether oxygens (including phenoxy) is 1. The molecule has 2 aromatic rings. The van der Waals surface area contributed by atoms with Gasteiger partial charge in [0.1, 0.15) is 18.2 Å². The number of nitrogens with one attached hydrogen (secondary N) is 2. The maximum Gasteiger partial charge on any atom is 0.315 e. The number of carbonyl (C=O) groups excluding carboxylic acids is 2. The second-order valence-corrected chi connectivity index (χ2v) is 7.11. The maximum absolute atomic E-state index is 13.8. The van der Waals surface area contributed by atoms with E-state index in [1.807, 2.05) is 31.2 Å². The van der Waals surface area contributed by atoms with Gasteiger partial charge in [0.05, 0.1) is 12.1 Å². The Labute approximate surface area is 170 Å².